The maximum absolute atomic E-state index is 12.5. The van der Waals surface area contributed by atoms with Crippen molar-refractivity contribution >= 4 is 23.3 Å². The topological polar surface area (TPSA) is 88.7 Å². The third-order valence-corrected chi connectivity index (χ3v) is 3.71. The van der Waals surface area contributed by atoms with Crippen LogP contribution in [0.15, 0.2) is 42.5 Å². The fraction of sp³-hybridized carbons (Fsp3) is 0.300. The van der Waals surface area contributed by atoms with Crippen molar-refractivity contribution in [1.82, 2.24) is 5.32 Å². The van der Waals surface area contributed by atoms with Crippen molar-refractivity contribution < 1.29 is 32.2 Å². The van der Waals surface area contributed by atoms with Crippen LogP contribution in [0.5, 0.6) is 11.5 Å². The van der Waals surface area contributed by atoms with Crippen molar-refractivity contribution in [2.24, 2.45) is 0 Å². The summed E-state index contributed by atoms with van der Waals surface area (Å²) in [6, 6.07) is 8.22. The summed E-state index contributed by atoms with van der Waals surface area (Å²) in [7, 11) is 0. The van der Waals surface area contributed by atoms with Crippen molar-refractivity contribution in [2.45, 2.75) is 20.0 Å². The van der Waals surface area contributed by atoms with Gasteiger partial charge in [0.1, 0.15) is 0 Å². The van der Waals surface area contributed by atoms with E-state index in [1.807, 2.05) is 13.8 Å². The van der Waals surface area contributed by atoms with Gasteiger partial charge < -0.3 is 25.4 Å². The van der Waals surface area contributed by atoms with Gasteiger partial charge in [-0.1, -0.05) is 0 Å². The maximum atomic E-state index is 12.5. The van der Waals surface area contributed by atoms with Gasteiger partial charge in [-0.25, -0.2) is 4.79 Å². The number of nitrogens with one attached hydrogen (secondary N) is 3. The van der Waals surface area contributed by atoms with Gasteiger partial charge in [-0.2, -0.15) is 13.2 Å². The Hall–Kier alpha value is -3.43. The zero-order valence-corrected chi connectivity index (χ0v) is 16.4. The summed E-state index contributed by atoms with van der Waals surface area (Å²) in [5.41, 5.74) is -0.203. The Morgan fingerprint density at radius 3 is 2.07 bits per heavy atom. The quantitative estimate of drug-likeness (QED) is 0.590. The fourth-order valence-electron chi connectivity index (χ4n) is 2.41. The Morgan fingerprint density at radius 1 is 0.867 bits per heavy atom. The van der Waals surface area contributed by atoms with Gasteiger partial charge in [-0.15, -0.1) is 0 Å². The predicted octanol–water partition coefficient (Wildman–Crippen LogP) is 4.26. The van der Waals surface area contributed by atoms with Crippen LogP contribution in [0.25, 0.3) is 0 Å². The van der Waals surface area contributed by atoms with Crippen LogP contribution in [0, 0.1) is 0 Å². The summed E-state index contributed by atoms with van der Waals surface area (Å²) in [6.45, 7) is 4.16. The van der Waals surface area contributed by atoms with E-state index in [1.165, 1.54) is 0 Å². The first-order chi connectivity index (χ1) is 14.2. The van der Waals surface area contributed by atoms with E-state index in [9.17, 15) is 22.8 Å². The van der Waals surface area contributed by atoms with Gasteiger partial charge >= 0.3 is 12.2 Å². The number of benzene rings is 2. The van der Waals surface area contributed by atoms with E-state index in [0.29, 0.717) is 30.4 Å². The molecule has 0 atom stereocenters. The van der Waals surface area contributed by atoms with Crippen LogP contribution in [0.4, 0.5) is 29.3 Å². The van der Waals surface area contributed by atoms with Crippen molar-refractivity contribution in [1.29, 1.82) is 0 Å². The summed E-state index contributed by atoms with van der Waals surface area (Å²) in [4.78, 5) is 23.9. The molecule has 0 heterocycles. The molecule has 30 heavy (non-hydrogen) atoms. The highest BCUT2D eigenvalue weighted by molar-refractivity contribution is 5.97. The average molecular weight is 425 g/mol. The van der Waals surface area contributed by atoms with Gasteiger partial charge in [0.05, 0.1) is 25.3 Å². The third kappa shape index (κ3) is 6.87. The highest BCUT2D eigenvalue weighted by atomic mass is 19.4. The van der Waals surface area contributed by atoms with E-state index < -0.39 is 23.7 Å². The van der Waals surface area contributed by atoms with Crippen molar-refractivity contribution in [3.63, 3.8) is 0 Å². The molecule has 3 amide bonds. The molecule has 2 aromatic carbocycles. The Morgan fingerprint density at radius 2 is 1.47 bits per heavy atom. The third-order valence-electron chi connectivity index (χ3n) is 3.71. The molecule has 0 spiro atoms. The van der Waals surface area contributed by atoms with Crippen LogP contribution >= 0.6 is 0 Å². The molecular formula is C20H22F3N3O4. The number of halogens is 3. The molecule has 0 fully saturated rings. The molecule has 3 N–H and O–H groups in total. The first-order valence-electron chi connectivity index (χ1n) is 9.14. The number of ether oxygens (including phenoxy) is 2. The molecule has 0 bridgehead atoms. The average Bonchev–Trinajstić information content (AvgIpc) is 2.68. The SMILES string of the molecule is CCOc1ccc(NC(=O)NCC(=O)Nc2ccc(C(F)(F)F)cc2)cc1OCC. The Labute approximate surface area is 171 Å². The lowest BCUT2D eigenvalue weighted by Crippen LogP contribution is -2.35. The number of carbonyl (C=O) groups excluding carboxylic acids is 2. The normalized spacial score (nSPS) is 10.8. The van der Waals surface area contributed by atoms with Gasteiger partial charge in [0, 0.05) is 17.4 Å². The van der Waals surface area contributed by atoms with Crippen molar-refractivity contribution in [3.8, 4) is 11.5 Å². The number of hydrogen-bond acceptors (Lipinski definition) is 4. The number of hydrogen-bond donors (Lipinski definition) is 3. The van der Waals surface area contributed by atoms with Crippen LogP contribution in [0.3, 0.4) is 0 Å². The largest absolute Gasteiger partial charge is 0.490 e. The van der Waals surface area contributed by atoms with Gasteiger partial charge in [0.15, 0.2) is 11.5 Å². The van der Waals surface area contributed by atoms with Crippen LogP contribution in [-0.2, 0) is 11.0 Å². The fourth-order valence-corrected chi connectivity index (χ4v) is 2.41. The van der Waals surface area contributed by atoms with E-state index in [4.69, 9.17) is 9.47 Å². The van der Waals surface area contributed by atoms with Gasteiger partial charge in [0.25, 0.3) is 0 Å². The minimum absolute atomic E-state index is 0.183. The molecule has 0 aromatic heterocycles. The van der Waals surface area contributed by atoms with Crippen LogP contribution in [0.2, 0.25) is 0 Å². The second-order valence-electron chi connectivity index (χ2n) is 5.96. The molecular weight excluding hydrogens is 403 g/mol. The highest BCUT2D eigenvalue weighted by Gasteiger charge is 2.29. The minimum Gasteiger partial charge on any atom is -0.490 e. The lowest BCUT2D eigenvalue weighted by molar-refractivity contribution is -0.137. The molecule has 0 saturated heterocycles. The molecule has 0 aliphatic carbocycles. The first kappa shape index (κ1) is 22.9. The van der Waals surface area contributed by atoms with E-state index >= 15 is 0 Å². The Bertz CT molecular complexity index is 871. The monoisotopic (exact) mass is 425 g/mol. The van der Waals surface area contributed by atoms with Gasteiger partial charge in [0.2, 0.25) is 5.91 Å². The van der Waals surface area contributed by atoms with Crippen LogP contribution < -0.4 is 25.4 Å². The molecule has 162 valence electrons. The van der Waals surface area contributed by atoms with Gasteiger partial charge in [-0.3, -0.25) is 4.79 Å². The van der Waals surface area contributed by atoms with E-state index in [0.717, 1.165) is 24.3 Å². The lowest BCUT2D eigenvalue weighted by Gasteiger charge is -2.13. The van der Waals surface area contributed by atoms with Crippen molar-refractivity contribution in [2.75, 3.05) is 30.4 Å². The number of urea groups is 1. The van der Waals surface area contributed by atoms with E-state index in [-0.39, 0.29) is 12.2 Å². The molecule has 0 saturated carbocycles. The second-order valence-corrected chi connectivity index (χ2v) is 5.96. The minimum atomic E-state index is -4.45. The van der Waals surface area contributed by atoms with E-state index in [2.05, 4.69) is 16.0 Å². The zero-order valence-electron chi connectivity index (χ0n) is 16.4. The summed E-state index contributed by atoms with van der Waals surface area (Å²) in [5.74, 6) is 0.421. The first-order valence-corrected chi connectivity index (χ1v) is 9.14. The molecule has 7 nitrogen and oxygen atoms in total. The highest BCUT2D eigenvalue weighted by Crippen LogP contribution is 2.31. The summed E-state index contributed by atoms with van der Waals surface area (Å²) < 4.78 is 48.5. The maximum Gasteiger partial charge on any atom is 0.416 e. The molecule has 2 aromatic rings. The smallest absolute Gasteiger partial charge is 0.416 e. The molecule has 0 aliphatic rings. The predicted molar refractivity (Wildman–Crippen MR) is 106 cm³/mol. The number of alkyl halides is 3. The van der Waals surface area contributed by atoms with Crippen LogP contribution in [0.1, 0.15) is 19.4 Å². The number of amides is 3. The second kappa shape index (κ2) is 10.4. The molecule has 0 unspecified atom stereocenters. The standard InChI is InChI=1S/C20H22F3N3O4/c1-3-29-16-10-9-15(11-17(16)30-4-2)26-19(28)24-12-18(27)25-14-7-5-13(6-8-14)20(21,22)23/h5-11H,3-4,12H2,1-2H3,(H,25,27)(H2,24,26,28). The summed E-state index contributed by atoms with van der Waals surface area (Å²) >= 11 is 0. The molecule has 2 rings (SSSR count). The number of rotatable bonds is 8. The zero-order chi connectivity index (χ0) is 22.1. The molecule has 0 radical (unpaired) electrons. The molecule has 10 heteroatoms. The Balaban J connectivity index is 1.86. The summed E-state index contributed by atoms with van der Waals surface area (Å²) in [5, 5.41) is 7.33. The lowest BCUT2D eigenvalue weighted by atomic mass is 10.2. The molecule has 0 aliphatic heterocycles. The summed E-state index contributed by atoms with van der Waals surface area (Å²) in [6.07, 6.45) is -4.45. The number of carbonyl (C=O) groups is 2. The Kier molecular flexibility index (Phi) is 7.90. The van der Waals surface area contributed by atoms with Crippen LogP contribution in [-0.4, -0.2) is 31.7 Å². The number of anilines is 2. The van der Waals surface area contributed by atoms with Gasteiger partial charge in [-0.05, 0) is 50.2 Å². The van der Waals surface area contributed by atoms with E-state index in [1.54, 1.807) is 18.2 Å². The van der Waals surface area contributed by atoms with Crippen molar-refractivity contribution in [3.05, 3.63) is 48.0 Å².